The van der Waals surface area contributed by atoms with Crippen LogP contribution < -0.4 is 5.32 Å². The van der Waals surface area contributed by atoms with Crippen molar-refractivity contribution >= 4 is 5.91 Å². The largest absolute Gasteiger partial charge is 0.416 e. The number of carbonyl (C=O) groups excluding carboxylic acids is 1. The average molecular weight is 422 g/mol. The minimum absolute atomic E-state index is 0.0297. The summed E-state index contributed by atoms with van der Waals surface area (Å²) in [7, 11) is 1.88. The zero-order chi connectivity index (χ0) is 21.9. The minimum Gasteiger partial charge on any atom is -0.349 e. The molecule has 0 saturated carbocycles. The second kappa shape index (κ2) is 9.20. The number of likely N-dealkylation sites (tertiary alicyclic amines) is 1. The van der Waals surface area contributed by atoms with Crippen molar-refractivity contribution in [2.24, 2.45) is 13.0 Å². The second-order valence-electron chi connectivity index (χ2n) is 8.22. The van der Waals surface area contributed by atoms with E-state index in [9.17, 15) is 18.0 Å². The van der Waals surface area contributed by atoms with Crippen molar-refractivity contribution in [3.63, 3.8) is 0 Å². The van der Waals surface area contributed by atoms with E-state index in [1.54, 1.807) is 16.9 Å². The van der Waals surface area contributed by atoms with Crippen molar-refractivity contribution in [1.82, 2.24) is 20.0 Å². The van der Waals surface area contributed by atoms with E-state index in [2.05, 4.69) is 15.3 Å². The fourth-order valence-corrected chi connectivity index (χ4v) is 4.03. The summed E-state index contributed by atoms with van der Waals surface area (Å²) >= 11 is 0. The quantitative estimate of drug-likeness (QED) is 0.758. The molecule has 0 radical (unpaired) electrons. The molecule has 1 N–H and O–H groups in total. The van der Waals surface area contributed by atoms with Gasteiger partial charge in [-0.2, -0.15) is 18.3 Å². The van der Waals surface area contributed by atoms with Gasteiger partial charge in [0.25, 0.3) is 0 Å². The summed E-state index contributed by atoms with van der Waals surface area (Å²) in [4.78, 5) is 14.6. The lowest BCUT2D eigenvalue weighted by molar-refractivity contribution is -0.137. The molecule has 30 heavy (non-hydrogen) atoms. The summed E-state index contributed by atoms with van der Waals surface area (Å²) in [6.45, 7) is 6.00. The number of halogens is 3. The average Bonchev–Trinajstić information content (AvgIpc) is 3.02. The number of amides is 1. The van der Waals surface area contributed by atoms with Gasteiger partial charge >= 0.3 is 6.18 Å². The van der Waals surface area contributed by atoms with E-state index in [0.29, 0.717) is 24.4 Å². The van der Waals surface area contributed by atoms with Gasteiger partial charge in [0.15, 0.2) is 0 Å². The Kier molecular flexibility index (Phi) is 6.85. The van der Waals surface area contributed by atoms with Crippen LogP contribution >= 0.6 is 0 Å². The minimum atomic E-state index is -4.32. The maximum Gasteiger partial charge on any atom is 0.416 e. The number of aromatic nitrogens is 2. The molecule has 8 heteroatoms. The molecular weight excluding hydrogens is 393 g/mol. The van der Waals surface area contributed by atoms with Gasteiger partial charge < -0.3 is 5.32 Å². The maximum atomic E-state index is 12.9. The Labute approximate surface area is 175 Å². The van der Waals surface area contributed by atoms with Gasteiger partial charge in [-0.1, -0.05) is 18.2 Å². The summed E-state index contributed by atoms with van der Waals surface area (Å²) in [5.41, 5.74) is 2.11. The first-order chi connectivity index (χ1) is 14.1. The number of rotatable bonds is 6. The second-order valence-corrected chi connectivity index (χ2v) is 8.22. The molecule has 1 atom stereocenters. The lowest BCUT2D eigenvalue weighted by Gasteiger charge is -2.32. The molecule has 0 bridgehead atoms. The van der Waals surface area contributed by atoms with Crippen LogP contribution in [0.15, 0.2) is 30.5 Å². The Hall–Kier alpha value is -2.35. The summed E-state index contributed by atoms with van der Waals surface area (Å²) in [6, 6.07) is 5.42. The van der Waals surface area contributed by atoms with Crippen LogP contribution in [0.2, 0.25) is 0 Å². The number of piperidine rings is 1. The first-order valence-corrected chi connectivity index (χ1v) is 10.3. The third-order valence-corrected chi connectivity index (χ3v) is 5.96. The predicted molar refractivity (Wildman–Crippen MR) is 109 cm³/mol. The Bertz CT molecular complexity index is 870. The van der Waals surface area contributed by atoms with Crippen molar-refractivity contribution in [2.45, 2.75) is 51.9 Å². The molecule has 3 rings (SSSR count). The molecule has 5 nitrogen and oxygen atoms in total. The maximum absolute atomic E-state index is 12.9. The SMILES string of the molecule is Cc1c([C@H](C)NC(=O)CC2CCN(Cc3cccc(C(F)(F)F)c3)CC2)cnn1C. The van der Waals surface area contributed by atoms with Crippen LogP contribution in [0.4, 0.5) is 13.2 Å². The zero-order valence-electron chi connectivity index (χ0n) is 17.7. The predicted octanol–water partition coefficient (Wildman–Crippen LogP) is 4.23. The number of aryl methyl sites for hydroxylation is 1. The number of benzene rings is 1. The van der Waals surface area contributed by atoms with E-state index in [0.717, 1.165) is 43.3 Å². The Balaban J connectivity index is 1.45. The van der Waals surface area contributed by atoms with Gasteiger partial charge in [-0.3, -0.25) is 14.4 Å². The Morgan fingerprint density at radius 3 is 2.60 bits per heavy atom. The number of hydrogen-bond donors (Lipinski definition) is 1. The van der Waals surface area contributed by atoms with Crippen molar-refractivity contribution in [3.05, 3.63) is 52.8 Å². The number of nitrogens with zero attached hydrogens (tertiary/aromatic N) is 3. The van der Waals surface area contributed by atoms with Crippen LogP contribution in [0.3, 0.4) is 0 Å². The molecule has 1 saturated heterocycles. The normalized spacial score (nSPS) is 17.1. The molecule has 0 aliphatic carbocycles. The van der Waals surface area contributed by atoms with Gasteiger partial charge in [0.2, 0.25) is 5.91 Å². The van der Waals surface area contributed by atoms with E-state index in [4.69, 9.17) is 0 Å². The van der Waals surface area contributed by atoms with Gasteiger partial charge in [-0.05, 0) is 57.3 Å². The molecule has 1 aromatic carbocycles. The standard InChI is InChI=1S/C22H29F3N4O/c1-15(20-13-26-28(3)16(20)2)27-21(30)12-17-7-9-29(10-8-17)14-18-5-4-6-19(11-18)22(23,24)25/h4-6,11,13,15,17H,7-10,12,14H2,1-3H3,(H,27,30)/t15-/m0/s1. The molecule has 2 aromatic rings. The highest BCUT2D eigenvalue weighted by Crippen LogP contribution is 2.30. The lowest BCUT2D eigenvalue weighted by Crippen LogP contribution is -2.36. The monoisotopic (exact) mass is 422 g/mol. The van der Waals surface area contributed by atoms with Crippen LogP contribution in [0.5, 0.6) is 0 Å². The van der Waals surface area contributed by atoms with Gasteiger partial charge in [0.05, 0.1) is 17.8 Å². The molecule has 0 spiro atoms. The van der Waals surface area contributed by atoms with Gasteiger partial charge in [-0.15, -0.1) is 0 Å². The number of carbonyl (C=O) groups is 1. The molecule has 1 fully saturated rings. The highest BCUT2D eigenvalue weighted by atomic mass is 19.4. The van der Waals surface area contributed by atoms with Crippen molar-refractivity contribution in [3.8, 4) is 0 Å². The first-order valence-electron chi connectivity index (χ1n) is 10.3. The van der Waals surface area contributed by atoms with Gasteiger partial charge in [0.1, 0.15) is 0 Å². The highest BCUT2D eigenvalue weighted by Gasteiger charge is 2.30. The Morgan fingerprint density at radius 2 is 2.00 bits per heavy atom. The summed E-state index contributed by atoms with van der Waals surface area (Å²) in [5, 5.41) is 7.28. The molecule has 164 valence electrons. The molecular formula is C22H29F3N4O. The number of hydrogen-bond acceptors (Lipinski definition) is 3. The number of alkyl halides is 3. The third kappa shape index (κ3) is 5.62. The molecule has 0 unspecified atom stereocenters. The third-order valence-electron chi connectivity index (χ3n) is 5.96. The molecule has 1 aromatic heterocycles. The van der Waals surface area contributed by atoms with Crippen LogP contribution in [0, 0.1) is 12.8 Å². The van der Waals surface area contributed by atoms with E-state index < -0.39 is 11.7 Å². The van der Waals surface area contributed by atoms with Crippen LogP contribution in [-0.2, 0) is 24.6 Å². The molecule has 2 heterocycles. The fourth-order valence-electron chi connectivity index (χ4n) is 4.03. The van der Waals surface area contributed by atoms with Crippen molar-refractivity contribution in [2.75, 3.05) is 13.1 Å². The highest BCUT2D eigenvalue weighted by molar-refractivity contribution is 5.76. The first kappa shape index (κ1) is 22.3. The van der Waals surface area contributed by atoms with Crippen LogP contribution in [0.1, 0.15) is 54.6 Å². The molecule has 1 aliphatic rings. The zero-order valence-corrected chi connectivity index (χ0v) is 17.7. The molecule has 1 amide bonds. The summed E-state index contributed by atoms with van der Waals surface area (Å²) in [6.07, 6.45) is -0.325. The summed E-state index contributed by atoms with van der Waals surface area (Å²) < 4.78 is 40.4. The number of nitrogens with one attached hydrogen (secondary N) is 1. The fraction of sp³-hybridized carbons (Fsp3) is 0.545. The van der Waals surface area contributed by atoms with E-state index in [-0.39, 0.29) is 11.9 Å². The van der Waals surface area contributed by atoms with Crippen molar-refractivity contribution < 1.29 is 18.0 Å². The lowest BCUT2D eigenvalue weighted by atomic mass is 9.92. The Morgan fingerprint density at radius 1 is 1.30 bits per heavy atom. The van der Waals surface area contributed by atoms with E-state index in [1.165, 1.54) is 12.1 Å². The van der Waals surface area contributed by atoms with Crippen LogP contribution in [0.25, 0.3) is 0 Å². The topological polar surface area (TPSA) is 50.2 Å². The molecule has 1 aliphatic heterocycles. The van der Waals surface area contributed by atoms with Gasteiger partial charge in [0, 0.05) is 31.3 Å². The van der Waals surface area contributed by atoms with Gasteiger partial charge in [-0.25, -0.2) is 0 Å². The summed E-state index contributed by atoms with van der Waals surface area (Å²) in [5.74, 6) is 0.326. The smallest absolute Gasteiger partial charge is 0.349 e. The van der Waals surface area contributed by atoms with E-state index in [1.807, 2.05) is 20.9 Å². The van der Waals surface area contributed by atoms with Crippen molar-refractivity contribution in [1.29, 1.82) is 0 Å². The van der Waals surface area contributed by atoms with E-state index >= 15 is 0 Å². The van der Waals surface area contributed by atoms with Crippen LogP contribution in [-0.4, -0.2) is 33.7 Å².